The van der Waals surface area contributed by atoms with Crippen LogP contribution in [0.25, 0.3) is 0 Å². The Morgan fingerprint density at radius 2 is 1.68 bits per heavy atom. The Kier molecular flexibility index (Phi) is 8.30. The molecule has 0 aliphatic rings. The van der Waals surface area contributed by atoms with Crippen molar-refractivity contribution in [3.63, 3.8) is 0 Å². The van der Waals surface area contributed by atoms with Crippen molar-refractivity contribution in [3.05, 3.63) is 65.2 Å². The molecule has 0 fully saturated rings. The minimum atomic E-state index is -0.589. The van der Waals surface area contributed by atoms with Crippen molar-refractivity contribution in [2.24, 2.45) is 0 Å². The third kappa shape index (κ3) is 6.28. The van der Waals surface area contributed by atoms with Gasteiger partial charge in [-0.25, -0.2) is 9.59 Å². The average Bonchev–Trinajstić information content (AvgIpc) is 2.70. The Labute approximate surface area is 166 Å². The number of carbonyl (C=O) groups is 2. The molecule has 4 heteroatoms. The molecule has 0 aliphatic heterocycles. The summed E-state index contributed by atoms with van der Waals surface area (Å²) in [4.78, 5) is 25.3. The van der Waals surface area contributed by atoms with E-state index < -0.39 is 11.9 Å². The lowest BCUT2D eigenvalue weighted by Gasteiger charge is -2.15. The third-order valence-corrected chi connectivity index (χ3v) is 4.13. The van der Waals surface area contributed by atoms with Gasteiger partial charge < -0.3 is 9.47 Å². The van der Waals surface area contributed by atoms with Crippen LogP contribution in [0.3, 0.4) is 0 Å². The van der Waals surface area contributed by atoms with Crippen LogP contribution >= 0.6 is 0 Å². The molecule has 4 nitrogen and oxygen atoms in total. The second-order valence-electron chi connectivity index (χ2n) is 6.49. The molecule has 0 spiro atoms. The summed E-state index contributed by atoms with van der Waals surface area (Å²) in [6.45, 7) is 5.92. The number of carbonyl (C=O) groups excluding carboxylic acids is 2. The molecule has 0 aromatic heterocycles. The van der Waals surface area contributed by atoms with Crippen molar-refractivity contribution in [1.29, 1.82) is 0 Å². The monoisotopic (exact) mass is 378 g/mol. The highest BCUT2D eigenvalue weighted by atomic mass is 16.5. The fourth-order valence-corrected chi connectivity index (χ4v) is 2.56. The van der Waals surface area contributed by atoms with E-state index in [-0.39, 0.29) is 17.2 Å². The maximum atomic E-state index is 12.7. The molecule has 0 aliphatic carbocycles. The summed E-state index contributed by atoms with van der Waals surface area (Å²) in [6.07, 6.45) is 2.66. The Hall–Kier alpha value is -3.06. The van der Waals surface area contributed by atoms with E-state index in [0.29, 0.717) is 18.6 Å². The summed E-state index contributed by atoms with van der Waals surface area (Å²) >= 11 is 0. The molecule has 0 saturated carbocycles. The zero-order chi connectivity index (χ0) is 20.4. The standard InChI is InChI=1S/C24H26O4/c1-4-6-7-8-13-19(5-2)27-23(25)21-15-9-10-16-22(21)24(26)28-20-14-11-12-18(3)17-20/h9-12,14-17,19H,4-6,13H2,1-3H3. The van der Waals surface area contributed by atoms with E-state index in [1.165, 1.54) is 0 Å². The van der Waals surface area contributed by atoms with Crippen LogP contribution in [-0.2, 0) is 4.74 Å². The van der Waals surface area contributed by atoms with Crippen molar-refractivity contribution in [2.75, 3.05) is 0 Å². The van der Waals surface area contributed by atoms with Crippen molar-refractivity contribution in [3.8, 4) is 17.6 Å². The first-order valence-corrected chi connectivity index (χ1v) is 9.59. The first-order chi connectivity index (χ1) is 13.5. The Morgan fingerprint density at radius 3 is 2.32 bits per heavy atom. The van der Waals surface area contributed by atoms with Crippen LogP contribution < -0.4 is 4.74 Å². The van der Waals surface area contributed by atoms with Gasteiger partial charge in [-0.3, -0.25) is 0 Å². The quantitative estimate of drug-likeness (QED) is 0.371. The second kappa shape index (κ2) is 10.9. The molecule has 146 valence electrons. The molecule has 0 N–H and O–H groups in total. The average molecular weight is 378 g/mol. The number of benzene rings is 2. The van der Waals surface area contributed by atoms with E-state index >= 15 is 0 Å². The smallest absolute Gasteiger partial charge is 0.344 e. The molecule has 0 amide bonds. The molecule has 0 saturated heterocycles. The van der Waals surface area contributed by atoms with Gasteiger partial charge in [-0.15, -0.1) is 5.92 Å². The van der Waals surface area contributed by atoms with Crippen LogP contribution in [0, 0.1) is 18.8 Å². The summed E-state index contributed by atoms with van der Waals surface area (Å²) in [6, 6.07) is 13.7. The van der Waals surface area contributed by atoms with Crippen molar-refractivity contribution in [1.82, 2.24) is 0 Å². The maximum Gasteiger partial charge on any atom is 0.344 e. The third-order valence-electron chi connectivity index (χ3n) is 4.13. The van der Waals surface area contributed by atoms with E-state index in [1.54, 1.807) is 36.4 Å². The van der Waals surface area contributed by atoms with Crippen LogP contribution in [0.5, 0.6) is 5.75 Å². The number of aryl methyl sites for hydroxylation is 1. The lowest BCUT2D eigenvalue weighted by atomic mass is 10.1. The molecule has 1 atom stereocenters. The molecular weight excluding hydrogens is 352 g/mol. The normalized spacial score (nSPS) is 11.1. The van der Waals surface area contributed by atoms with Gasteiger partial charge in [-0.05, 0) is 49.6 Å². The fraction of sp³-hybridized carbons (Fsp3) is 0.333. The van der Waals surface area contributed by atoms with Gasteiger partial charge in [-0.1, -0.05) is 44.0 Å². The summed E-state index contributed by atoms with van der Waals surface area (Å²) < 4.78 is 11.0. The van der Waals surface area contributed by atoms with Gasteiger partial charge in [0.25, 0.3) is 0 Å². The number of rotatable bonds is 7. The molecule has 28 heavy (non-hydrogen) atoms. The second-order valence-corrected chi connectivity index (χ2v) is 6.49. The molecule has 0 heterocycles. The first kappa shape index (κ1) is 21.2. The molecule has 0 radical (unpaired) electrons. The van der Waals surface area contributed by atoms with Crippen LogP contribution in [0.4, 0.5) is 0 Å². The maximum absolute atomic E-state index is 12.7. The predicted octanol–water partition coefficient (Wildman–Crippen LogP) is 5.34. The predicted molar refractivity (Wildman–Crippen MR) is 109 cm³/mol. The van der Waals surface area contributed by atoms with Gasteiger partial charge in [0.05, 0.1) is 11.1 Å². The molecule has 1 unspecified atom stereocenters. The van der Waals surface area contributed by atoms with Gasteiger partial charge >= 0.3 is 11.9 Å². The van der Waals surface area contributed by atoms with Crippen molar-refractivity contribution >= 4 is 11.9 Å². The van der Waals surface area contributed by atoms with E-state index in [9.17, 15) is 9.59 Å². The molecule has 0 bridgehead atoms. The number of hydrogen-bond donors (Lipinski definition) is 0. The zero-order valence-electron chi connectivity index (χ0n) is 16.7. The molecule has 2 rings (SSSR count). The van der Waals surface area contributed by atoms with E-state index in [2.05, 4.69) is 18.8 Å². The Bertz CT molecular complexity index is 873. The molecular formula is C24H26O4. The topological polar surface area (TPSA) is 52.6 Å². The van der Waals surface area contributed by atoms with E-state index in [4.69, 9.17) is 9.47 Å². The number of esters is 2. The minimum Gasteiger partial charge on any atom is -0.458 e. The molecule has 2 aromatic carbocycles. The van der Waals surface area contributed by atoms with Crippen LogP contribution in [0.2, 0.25) is 0 Å². The highest BCUT2D eigenvalue weighted by Crippen LogP contribution is 2.18. The molecule has 2 aromatic rings. The summed E-state index contributed by atoms with van der Waals surface area (Å²) in [5, 5.41) is 0. The Morgan fingerprint density at radius 1 is 0.964 bits per heavy atom. The fourth-order valence-electron chi connectivity index (χ4n) is 2.56. The highest BCUT2D eigenvalue weighted by Gasteiger charge is 2.21. The highest BCUT2D eigenvalue weighted by molar-refractivity contribution is 6.03. The van der Waals surface area contributed by atoms with Crippen molar-refractivity contribution < 1.29 is 19.1 Å². The van der Waals surface area contributed by atoms with Gasteiger partial charge in [0.2, 0.25) is 0 Å². The lowest BCUT2D eigenvalue weighted by molar-refractivity contribution is 0.0299. The van der Waals surface area contributed by atoms with E-state index in [0.717, 1.165) is 18.4 Å². The minimum absolute atomic E-state index is 0.181. The summed E-state index contributed by atoms with van der Waals surface area (Å²) in [5.41, 5.74) is 1.36. The zero-order valence-corrected chi connectivity index (χ0v) is 16.7. The lowest BCUT2D eigenvalue weighted by Crippen LogP contribution is -2.20. The first-order valence-electron chi connectivity index (χ1n) is 9.59. The summed E-state index contributed by atoms with van der Waals surface area (Å²) in [7, 11) is 0. The Balaban J connectivity index is 2.12. The van der Waals surface area contributed by atoms with Crippen LogP contribution in [0.15, 0.2) is 48.5 Å². The number of ether oxygens (including phenoxy) is 2. The van der Waals surface area contributed by atoms with Crippen molar-refractivity contribution in [2.45, 2.75) is 52.6 Å². The SMILES string of the molecule is CCCC#CCC(CC)OC(=O)c1ccccc1C(=O)Oc1cccc(C)c1. The van der Waals surface area contributed by atoms with Gasteiger partial charge in [0.15, 0.2) is 0 Å². The largest absolute Gasteiger partial charge is 0.458 e. The number of hydrogen-bond acceptors (Lipinski definition) is 4. The van der Waals surface area contributed by atoms with Crippen LogP contribution in [-0.4, -0.2) is 18.0 Å². The van der Waals surface area contributed by atoms with Gasteiger partial charge in [0.1, 0.15) is 11.9 Å². The van der Waals surface area contributed by atoms with E-state index in [1.807, 2.05) is 26.0 Å². The number of unbranched alkanes of at least 4 members (excludes halogenated alkanes) is 1. The van der Waals surface area contributed by atoms with Crippen LogP contribution in [0.1, 0.15) is 65.8 Å². The van der Waals surface area contributed by atoms with Gasteiger partial charge in [-0.2, -0.15) is 0 Å². The summed E-state index contributed by atoms with van der Waals surface area (Å²) in [5.74, 6) is 5.42. The van der Waals surface area contributed by atoms with Gasteiger partial charge in [0, 0.05) is 12.8 Å².